The summed E-state index contributed by atoms with van der Waals surface area (Å²) in [5, 5.41) is 5.12. The summed E-state index contributed by atoms with van der Waals surface area (Å²) in [6.07, 6.45) is 0. The molecule has 0 spiro atoms. The summed E-state index contributed by atoms with van der Waals surface area (Å²) in [6.45, 7) is 9.80. The van der Waals surface area contributed by atoms with Crippen molar-refractivity contribution in [2.45, 2.75) is 33.5 Å². The van der Waals surface area contributed by atoms with Crippen LogP contribution in [0.1, 0.15) is 31.1 Å². The van der Waals surface area contributed by atoms with Gasteiger partial charge in [0.1, 0.15) is 0 Å². The molecule has 138 valence electrons. The molecule has 6 nitrogen and oxygen atoms in total. The maximum Gasteiger partial charge on any atom is 0.240 e. The molecule has 1 aromatic carbocycles. The van der Waals surface area contributed by atoms with Crippen LogP contribution in [0.4, 0.5) is 0 Å². The normalized spacial score (nSPS) is 11.6. The van der Waals surface area contributed by atoms with Gasteiger partial charge < -0.3 is 15.2 Å². The molecule has 0 aliphatic carbocycles. The molecule has 0 radical (unpaired) electrons. The highest BCUT2D eigenvalue weighted by Crippen LogP contribution is 2.23. The van der Waals surface area contributed by atoms with E-state index >= 15 is 0 Å². The molecule has 2 N–H and O–H groups in total. The van der Waals surface area contributed by atoms with Gasteiger partial charge in [0.15, 0.2) is 5.82 Å². The van der Waals surface area contributed by atoms with E-state index in [1.807, 2.05) is 18.2 Å². The maximum absolute atomic E-state index is 6.14. The van der Waals surface area contributed by atoms with Crippen LogP contribution in [-0.4, -0.2) is 46.1 Å². The van der Waals surface area contributed by atoms with Crippen LogP contribution >= 0.6 is 23.2 Å². The molecule has 2 aromatic rings. The molecule has 25 heavy (non-hydrogen) atoms. The fourth-order valence-electron chi connectivity index (χ4n) is 2.57. The van der Waals surface area contributed by atoms with Gasteiger partial charge in [-0.15, -0.1) is 0 Å². The van der Waals surface area contributed by atoms with E-state index in [-0.39, 0.29) is 6.54 Å². The van der Waals surface area contributed by atoms with E-state index in [0.29, 0.717) is 28.3 Å². The lowest BCUT2D eigenvalue weighted by Crippen LogP contribution is -2.34. The molecule has 0 aliphatic rings. The summed E-state index contributed by atoms with van der Waals surface area (Å²) < 4.78 is 5.11. The summed E-state index contributed by atoms with van der Waals surface area (Å²) in [6, 6.07) is 5.71. The third kappa shape index (κ3) is 6.24. The van der Waals surface area contributed by atoms with Crippen molar-refractivity contribution in [3.8, 4) is 0 Å². The molecule has 0 saturated carbocycles. The van der Waals surface area contributed by atoms with Crippen LogP contribution in [-0.2, 0) is 19.6 Å². The molecule has 0 unspecified atom stereocenters. The van der Waals surface area contributed by atoms with Gasteiger partial charge in [-0.2, -0.15) is 4.98 Å². The molecule has 0 amide bonds. The van der Waals surface area contributed by atoms with Crippen molar-refractivity contribution in [3.63, 3.8) is 0 Å². The Kier molecular flexibility index (Phi) is 8.12. The van der Waals surface area contributed by atoms with Crippen molar-refractivity contribution in [1.29, 1.82) is 0 Å². The molecule has 8 heteroatoms. The van der Waals surface area contributed by atoms with Crippen molar-refractivity contribution in [2.75, 3.05) is 26.2 Å². The topological polar surface area (TPSA) is 71.4 Å². The molecule has 1 heterocycles. The van der Waals surface area contributed by atoms with Crippen LogP contribution < -0.4 is 5.73 Å². The van der Waals surface area contributed by atoms with Gasteiger partial charge in [0.05, 0.1) is 23.1 Å². The van der Waals surface area contributed by atoms with Crippen molar-refractivity contribution in [1.82, 2.24) is 19.9 Å². The predicted molar refractivity (Wildman–Crippen MR) is 101 cm³/mol. The first-order valence-electron chi connectivity index (χ1n) is 8.45. The Bertz CT molecular complexity index is 660. The van der Waals surface area contributed by atoms with Gasteiger partial charge in [0, 0.05) is 19.6 Å². The minimum Gasteiger partial charge on any atom is -0.338 e. The van der Waals surface area contributed by atoms with Gasteiger partial charge in [-0.05, 0) is 30.8 Å². The van der Waals surface area contributed by atoms with E-state index < -0.39 is 0 Å². The lowest BCUT2D eigenvalue weighted by atomic mass is 10.2. The Morgan fingerprint density at radius 1 is 1.04 bits per heavy atom. The van der Waals surface area contributed by atoms with Gasteiger partial charge in [-0.3, -0.25) is 4.90 Å². The number of benzene rings is 1. The van der Waals surface area contributed by atoms with Crippen molar-refractivity contribution >= 4 is 23.2 Å². The fourth-order valence-corrected chi connectivity index (χ4v) is 2.89. The van der Waals surface area contributed by atoms with Gasteiger partial charge >= 0.3 is 0 Å². The van der Waals surface area contributed by atoms with Crippen LogP contribution in [0.25, 0.3) is 0 Å². The smallest absolute Gasteiger partial charge is 0.240 e. The molecule has 0 atom stereocenters. The lowest BCUT2D eigenvalue weighted by molar-refractivity contribution is 0.197. The minimum atomic E-state index is 0.249. The molecule has 2 rings (SSSR count). The van der Waals surface area contributed by atoms with E-state index in [9.17, 15) is 0 Å². The van der Waals surface area contributed by atoms with Crippen LogP contribution in [0.5, 0.6) is 0 Å². The van der Waals surface area contributed by atoms with Crippen LogP contribution in [0, 0.1) is 0 Å². The second-order valence-corrected chi connectivity index (χ2v) is 6.61. The van der Waals surface area contributed by atoms with E-state index in [2.05, 4.69) is 33.8 Å². The average Bonchev–Trinajstić information content (AvgIpc) is 3.06. The Hall–Kier alpha value is -1.18. The number of halogens is 2. The minimum absolute atomic E-state index is 0.249. The number of likely N-dealkylation sites (N-methyl/N-ethyl adjacent to an activating group) is 1. The quantitative estimate of drug-likeness (QED) is 0.676. The zero-order valence-corrected chi connectivity index (χ0v) is 16.2. The molecular formula is C17H25Cl2N5O. The fraction of sp³-hybridized carbons (Fsp3) is 0.529. The number of hydrogen-bond donors (Lipinski definition) is 1. The number of hydrogen-bond acceptors (Lipinski definition) is 6. The Labute approximate surface area is 158 Å². The monoisotopic (exact) mass is 385 g/mol. The SMILES string of the molecule is CCN(CC)CCN(Cc1ccc(Cl)c(Cl)c1)Cc1noc(CN)n1. The number of aromatic nitrogens is 2. The zero-order valence-electron chi connectivity index (χ0n) is 14.7. The molecule has 0 bridgehead atoms. The standard InChI is InChI=1S/C17H25Cl2N5O/c1-3-23(4-2)7-8-24(12-16-21-17(10-20)25-22-16)11-13-5-6-14(18)15(19)9-13/h5-6,9H,3-4,7-8,10-12,20H2,1-2H3. The summed E-state index contributed by atoms with van der Waals surface area (Å²) in [7, 11) is 0. The van der Waals surface area contributed by atoms with Crippen molar-refractivity contribution in [2.24, 2.45) is 5.73 Å². The highest BCUT2D eigenvalue weighted by atomic mass is 35.5. The second kappa shape index (κ2) is 10.1. The first kappa shape index (κ1) is 20.1. The van der Waals surface area contributed by atoms with E-state index in [0.717, 1.165) is 38.3 Å². The largest absolute Gasteiger partial charge is 0.338 e. The highest BCUT2D eigenvalue weighted by Gasteiger charge is 2.14. The Balaban J connectivity index is 2.07. The molecular weight excluding hydrogens is 361 g/mol. The second-order valence-electron chi connectivity index (χ2n) is 5.79. The van der Waals surface area contributed by atoms with Crippen molar-refractivity contribution in [3.05, 3.63) is 45.5 Å². The van der Waals surface area contributed by atoms with Crippen LogP contribution in [0.3, 0.4) is 0 Å². The van der Waals surface area contributed by atoms with Gasteiger partial charge in [-0.1, -0.05) is 48.3 Å². The third-order valence-electron chi connectivity index (χ3n) is 4.07. The molecule has 0 fully saturated rings. The maximum atomic E-state index is 6.14. The zero-order chi connectivity index (χ0) is 18.2. The summed E-state index contributed by atoms with van der Waals surface area (Å²) in [5.41, 5.74) is 6.63. The molecule has 0 aliphatic heterocycles. The highest BCUT2D eigenvalue weighted by molar-refractivity contribution is 6.42. The lowest BCUT2D eigenvalue weighted by Gasteiger charge is -2.25. The van der Waals surface area contributed by atoms with E-state index in [1.54, 1.807) is 0 Å². The van der Waals surface area contributed by atoms with Gasteiger partial charge in [0.25, 0.3) is 0 Å². The average molecular weight is 386 g/mol. The predicted octanol–water partition coefficient (Wildman–Crippen LogP) is 3.18. The molecule has 1 aromatic heterocycles. The summed E-state index contributed by atoms with van der Waals surface area (Å²) in [4.78, 5) is 8.95. The summed E-state index contributed by atoms with van der Waals surface area (Å²) in [5.74, 6) is 1.09. The summed E-state index contributed by atoms with van der Waals surface area (Å²) >= 11 is 12.1. The Morgan fingerprint density at radius 3 is 2.36 bits per heavy atom. The first-order chi connectivity index (χ1) is 12.0. The van der Waals surface area contributed by atoms with Crippen LogP contribution in [0.15, 0.2) is 22.7 Å². The van der Waals surface area contributed by atoms with E-state index in [1.165, 1.54) is 0 Å². The van der Waals surface area contributed by atoms with Gasteiger partial charge in [0.2, 0.25) is 5.89 Å². The van der Waals surface area contributed by atoms with Gasteiger partial charge in [-0.25, -0.2) is 0 Å². The first-order valence-corrected chi connectivity index (χ1v) is 9.21. The number of nitrogens with two attached hydrogens (primary N) is 1. The third-order valence-corrected chi connectivity index (χ3v) is 4.81. The van der Waals surface area contributed by atoms with E-state index in [4.69, 9.17) is 33.5 Å². The van der Waals surface area contributed by atoms with Crippen LogP contribution in [0.2, 0.25) is 10.0 Å². The Morgan fingerprint density at radius 2 is 1.76 bits per heavy atom. The number of rotatable bonds is 10. The molecule has 0 saturated heterocycles. The number of nitrogens with zero attached hydrogens (tertiary/aromatic N) is 4. The van der Waals surface area contributed by atoms with Crippen molar-refractivity contribution < 1.29 is 4.52 Å².